The fourth-order valence-electron chi connectivity index (χ4n) is 2.43. The SMILES string of the molecule is [B]C1CC(OP(O)(=S)OC[C@H]2O[C@@H]([B])CC2OI)[C@@H](COI)O1. The second kappa shape index (κ2) is 9.77. The number of hydrogen-bond donors (Lipinski definition) is 1. The number of rotatable bonds is 8. The lowest BCUT2D eigenvalue weighted by molar-refractivity contribution is -0.00257. The fraction of sp³-hybridized carbons (Fsp3) is 1.00. The predicted molar refractivity (Wildman–Crippen MR) is 104 cm³/mol. The average molecular weight is 586 g/mol. The summed E-state index contributed by atoms with van der Waals surface area (Å²) < 4.78 is 32.1. The second-order valence-corrected chi connectivity index (χ2v) is 9.13. The zero-order chi connectivity index (χ0) is 17.0. The van der Waals surface area contributed by atoms with Crippen molar-refractivity contribution in [2.45, 2.75) is 49.3 Å². The van der Waals surface area contributed by atoms with Crippen molar-refractivity contribution in [2.75, 3.05) is 13.2 Å². The standard InChI is InChI=1S/C10H15B2I2O7PS/c11-9-1-5(20-14)8(19-9)4-17-22(15,23)21-6-2-10(12)18-7(6)3-16-13/h5-10H,1-4H2,(H,15,23)/t5?,6?,7-,8-,9-,10?,22?/m1/s1. The van der Waals surface area contributed by atoms with Crippen LogP contribution in [0, 0.1) is 0 Å². The number of ether oxygens (including phenoxy) is 2. The predicted octanol–water partition coefficient (Wildman–Crippen LogP) is 1.27. The highest BCUT2D eigenvalue weighted by Crippen LogP contribution is 2.48. The molecule has 0 aromatic rings. The fourth-order valence-corrected chi connectivity index (χ4v) is 4.79. The maximum atomic E-state index is 10.2. The first kappa shape index (κ1) is 21.3. The average Bonchev–Trinajstić information content (AvgIpc) is 2.99. The molecule has 2 rings (SSSR count). The topological polar surface area (TPSA) is 75.6 Å². The van der Waals surface area contributed by atoms with Crippen LogP contribution < -0.4 is 0 Å². The van der Waals surface area contributed by atoms with Gasteiger partial charge in [-0.25, -0.2) is 0 Å². The van der Waals surface area contributed by atoms with Gasteiger partial charge in [-0.1, -0.05) is 0 Å². The summed E-state index contributed by atoms with van der Waals surface area (Å²) >= 11 is 8.58. The Kier molecular flexibility index (Phi) is 9.03. The van der Waals surface area contributed by atoms with Gasteiger partial charge in [0.25, 0.3) is 0 Å². The highest BCUT2D eigenvalue weighted by molar-refractivity contribution is 14.1. The zero-order valence-corrected chi connectivity index (χ0v) is 18.0. The largest absolute Gasteiger partial charge is 0.379 e. The lowest BCUT2D eigenvalue weighted by Crippen LogP contribution is -2.29. The third-order valence-electron chi connectivity index (χ3n) is 3.47. The maximum absolute atomic E-state index is 10.2. The van der Waals surface area contributed by atoms with E-state index >= 15 is 0 Å². The molecule has 0 bridgehead atoms. The molecular formula is C10H15B2I2O7PS. The minimum Gasteiger partial charge on any atom is -0.379 e. The first-order valence-electron chi connectivity index (χ1n) is 6.83. The van der Waals surface area contributed by atoms with Crippen LogP contribution in [-0.4, -0.2) is 70.2 Å². The van der Waals surface area contributed by atoms with E-state index in [1.165, 1.54) is 0 Å². The number of hydrogen-bond acceptors (Lipinski definition) is 7. The van der Waals surface area contributed by atoms with Crippen molar-refractivity contribution >= 4 is 80.2 Å². The summed E-state index contributed by atoms with van der Waals surface area (Å²) in [7, 11) is 11.4. The van der Waals surface area contributed by atoms with E-state index in [9.17, 15) is 4.89 Å². The van der Waals surface area contributed by atoms with Crippen LogP contribution >= 0.6 is 52.7 Å². The molecular weight excluding hydrogens is 571 g/mol. The molecule has 0 amide bonds. The summed E-state index contributed by atoms with van der Waals surface area (Å²) in [5, 5.41) is 0. The summed E-state index contributed by atoms with van der Waals surface area (Å²) in [5.41, 5.74) is 0. The Balaban J connectivity index is 1.85. The highest BCUT2D eigenvalue weighted by atomic mass is 127. The molecule has 2 heterocycles. The van der Waals surface area contributed by atoms with Crippen molar-refractivity contribution in [1.82, 2.24) is 0 Å². The normalized spacial score (nSPS) is 40.3. The van der Waals surface area contributed by atoms with Crippen LogP contribution in [0.5, 0.6) is 0 Å². The Morgan fingerprint density at radius 2 is 1.65 bits per heavy atom. The summed E-state index contributed by atoms with van der Waals surface area (Å²) in [6.07, 6.45) is -0.566. The Bertz CT molecular complexity index is 440. The molecule has 0 spiro atoms. The van der Waals surface area contributed by atoms with Gasteiger partial charge in [-0.15, -0.1) is 0 Å². The van der Waals surface area contributed by atoms with Crippen molar-refractivity contribution in [3.05, 3.63) is 0 Å². The first-order valence-corrected chi connectivity index (χ1v) is 11.2. The summed E-state index contributed by atoms with van der Waals surface area (Å²) in [6.45, 7) is -3.17. The van der Waals surface area contributed by atoms with E-state index in [1.54, 1.807) is 46.0 Å². The van der Waals surface area contributed by atoms with Gasteiger partial charge in [0.2, 0.25) is 0 Å². The third-order valence-corrected chi connectivity index (χ3v) is 6.07. The van der Waals surface area contributed by atoms with Gasteiger partial charge in [0.1, 0.15) is 80.0 Å². The third kappa shape index (κ3) is 6.56. The Hall–Kier alpha value is 1.96. The van der Waals surface area contributed by atoms with Crippen molar-refractivity contribution in [3.63, 3.8) is 0 Å². The molecule has 7 nitrogen and oxygen atoms in total. The van der Waals surface area contributed by atoms with Gasteiger partial charge in [-0.05, 0) is 24.6 Å². The lowest BCUT2D eigenvalue weighted by Gasteiger charge is -2.25. The molecule has 4 unspecified atom stereocenters. The Morgan fingerprint density at radius 1 is 1.09 bits per heavy atom. The van der Waals surface area contributed by atoms with E-state index in [2.05, 4.69) is 0 Å². The zero-order valence-electron chi connectivity index (χ0n) is 12.0. The molecule has 0 aliphatic carbocycles. The van der Waals surface area contributed by atoms with Crippen LogP contribution in [0.2, 0.25) is 0 Å². The summed E-state index contributed by atoms with van der Waals surface area (Å²) in [6, 6.07) is -0.910. The van der Waals surface area contributed by atoms with Gasteiger partial charge in [-0.2, -0.15) is 0 Å². The van der Waals surface area contributed by atoms with E-state index in [4.69, 9.17) is 52.2 Å². The molecule has 128 valence electrons. The van der Waals surface area contributed by atoms with Gasteiger partial charge in [0.05, 0.1) is 19.3 Å². The van der Waals surface area contributed by atoms with E-state index in [0.29, 0.717) is 12.8 Å². The van der Waals surface area contributed by atoms with E-state index in [0.717, 1.165) is 0 Å². The summed E-state index contributed by atoms with van der Waals surface area (Å²) in [5.74, 6) is 0. The Morgan fingerprint density at radius 3 is 2.22 bits per heavy atom. The van der Waals surface area contributed by atoms with Gasteiger partial charge in [0.15, 0.2) is 0 Å². The van der Waals surface area contributed by atoms with E-state index in [1.807, 2.05) is 0 Å². The van der Waals surface area contributed by atoms with Crippen molar-refractivity contribution in [1.29, 1.82) is 0 Å². The van der Waals surface area contributed by atoms with Crippen LogP contribution in [-0.2, 0) is 36.5 Å². The smallest absolute Gasteiger partial charge is 0.324 e. The molecule has 13 heteroatoms. The minimum atomic E-state index is -3.48. The van der Waals surface area contributed by atoms with Crippen molar-refractivity contribution in [3.8, 4) is 0 Å². The molecule has 4 radical (unpaired) electrons. The minimum absolute atomic E-state index is 0.0300. The molecule has 2 fully saturated rings. The molecule has 0 aromatic carbocycles. The van der Waals surface area contributed by atoms with Crippen LogP contribution in [0.25, 0.3) is 0 Å². The van der Waals surface area contributed by atoms with Crippen molar-refractivity contribution < 1.29 is 29.5 Å². The van der Waals surface area contributed by atoms with Crippen LogP contribution in [0.15, 0.2) is 0 Å². The lowest BCUT2D eigenvalue weighted by atomic mass is 9.96. The van der Waals surface area contributed by atoms with E-state index in [-0.39, 0.29) is 19.3 Å². The monoisotopic (exact) mass is 586 g/mol. The molecule has 23 heavy (non-hydrogen) atoms. The molecule has 1 N–H and O–H groups in total. The van der Waals surface area contributed by atoms with Crippen LogP contribution in [0.1, 0.15) is 12.8 Å². The maximum Gasteiger partial charge on any atom is 0.324 e. The molecule has 0 saturated carbocycles. The van der Waals surface area contributed by atoms with E-state index < -0.39 is 37.0 Å². The van der Waals surface area contributed by atoms with Gasteiger partial charge < -0.3 is 29.5 Å². The number of halogens is 2. The molecule has 2 aliphatic heterocycles. The summed E-state index contributed by atoms with van der Waals surface area (Å²) in [4.78, 5) is 10.2. The molecule has 2 saturated heterocycles. The first-order chi connectivity index (χ1) is 10.8. The van der Waals surface area contributed by atoms with Crippen LogP contribution in [0.4, 0.5) is 0 Å². The second-order valence-electron chi connectivity index (χ2n) is 5.21. The van der Waals surface area contributed by atoms with Crippen molar-refractivity contribution in [2.24, 2.45) is 0 Å². The van der Waals surface area contributed by atoms with Crippen LogP contribution in [0.3, 0.4) is 0 Å². The quantitative estimate of drug-likeness (QED) is 0.260. The van der Waals surface area contributed by atoms with Gasteiger partial charge >= 0.3 is 6.72 Å². The molecule has 0 aromatic heterocycles. The Labute approximate surface area is 171 Å². The highest BCUT2D eigenvalue weighted by Gasteiger charge is 2.39. The molecule has 2 aliphatic rings. The molecule has 7 atom stereocenters. The van der Waals surface area contributed by atoms with Gasteiger partial charge in [-0.3, -0.25) is 0 Å². The van der Waals surface area contributed by atoms with Gasteiger partial charge in [0, 0.05) is 12.0 Å².